The predicted molar refractivity (Wildman–Crippen MR) is 116 cm³/mol. The largest absolute Gasteiger partial charge is 0.508 e. The number of Topliss-reactive ketones (excluding diaryl/α,β-unsaturated/α-hetero) is 1. The number of phenols is 1. The predicted octanol–water partition coefficient (Wildman–Crippen LogP) is 3.32. The van der Waals surface area contributed by atoms with Crippen molar-refractivity contribution in [1.82, 2.24) is 4.90 Å². The first-order valence-electron chi connectivity index (χ1n) is 10.9. The topological polar surface area (TPSA) is 96.3 Å². The molecule has 2 aromatic carbocycles. The first-order valence-corrected chi connectivity index (χ1v) is 10.9. The number of carbonyl (C=O) groups excluding carboxylic acids is 2. The maximum Gasteiger partial charge on any atom is 0.295 e. The van der Waals surface area contributed by atoms with Crippen molar-refractivity contribution in [2.75, 3.05) is 13.2 Å². The van der Waals surface area contributed by atoms with Crippen LogP contribution in [0.4, 0.5) is 0 Å². The average molecular weight is 435 g/mol. The van der Waals surface area contributed by atoms with Gasteiger partial charge in [0, 0.05) is 25.1 Å². The van der Waals surface area contributed by atoms with Gasteiger partial charge in [0.2, 0.25) is 0 Å². The molecule has 3 aliphatic rings. The molecule has 0 bridgehead atoms. The van der Waals surface area contributed by atoms with E-state index >= 15 is 0 Å². The van der Waals surface area contributed by atoms with E-state index in [-0.39, 0.29) is 35.8 Å². The molecule has 32 heavy (non-hydrogen) atoms. The van der Waals surface area contributed by atoms with Gasteiger partial charge in [-0.3, -0.25) is 9.59 Å². The number of ketones is 1. The van der Waals surface area contributed by atoms with Crippen LogP contribution in [0.3, 0.4) is 0 Å². The summed E-state index contributed by atoms with van der Waals surface area (Å²) < 4.78 is 11.4. The molecule has 5 rings (SSSR count). The third kappa shape index (κ3) is 3.52. The van der Waals surface area contributed by atoms with Crippen LogP contribution in [0, 0.1) is 0 Å². The number of likely N-dealkylation sites (tertiary alicyclic amines) is 1. The minimum Gasteiger partial charge on any atom is -0.508 e. The number of hydrogen-bond donors (Lipinski definition) is 2. The third-order valence-corrected chi connectivity index (χ3v) is 6.32. The van der Waals surface area contributed by atoms with Crippen LogP contribution >= 0.6 is 0 Å². The molecule has 2 N–H and O–H groups in total. The van der Waals surface area contributed by atoms with E-state index in [1.165, 1.54) is 17.0 Å². The number of aliphatic hydroxyl groups is 1. The highest BCUT2D eigenvalue weighted by Gasteiger charge is 2.47. The van der Waals surface area contributed by atoms with Crippen LogP contribution in [0.1, 0.15) is 42.5 Å². The highest BCUT2D eigenvalue weighted by Crippen LogP contribution is 2.41. The number of amides is 1. The molecule has 0 aromatic heterocycles. The molecule has 2 aromatic rings. The van der Waals surface area contributed by atoms with Crippen LogP contribution in [0.15, 0.2) is 48.0 Å². The number of aromatic hydroxyl groups is 1. The maximum absolute atomic E-state index is 13.1. The lowest BCUT2D eigenvalue weighted by Crippen LogP contribution is -2.36. The second-order valence-electron chi connectivity index (χ2n) is 8.64. The molecule has 3 atom stereocenters. The molecule has 0 spiro atoms. The van der Waals surface area contributed by atoms with Crippen molar-refractivity contribution >= 4 is 17.4 Å². The quantitative estimate of drug-likeness (QED) is 0.435. The van der Waals surface area contributed by atoms with Gasteiger partial charge in [-0.05, 0) is 61.2 Å². The van der Waals surface area contributed by atoms with Crippen molar-refractivity contribution in [3.63, 3.8) is 0 Å². The lowest BCUT2D eigenvalue weighted by molar-refractivity contribution is -0.140. The van der Waals surface area contributed by atoms with Crippen LogP contribution in [0.2, 0.25) is 0 Å². The molecular weight excluding hydrogens is 410 g/mol. The van der Waals surface area contributed by atoms with Crippen LogP contribution in [0.5, 0.6) is 11.5 Å². The smallest absolute Gasteiger partial charge is 0.295 e. The van der Waals surface area contributed by atoms with Crippen molar-refractivity contribution in [3.8, 4) is 11.5 Å². The molecule has 0 saturated carbocycles. The summed E-state index contributed by atoms with van der Waals surface area (Å²) >= 11 is 0. The summed E-state index contributed by atoms with van der Waals surface area (Å²) in [5.41, 5.74) is 1.98. The molecule has 3 aliphatic heterocycles. The van der Waals surface area contributed by atoms with E-state index in [4.69, 9.17) is 9.47 Å². The molecule has 7 nitrogen and oxygen atoms in total. The Morgan fingerprint density at radius 2 is 2.03 bits per heavy atom. The van der Waals surface area contributed by atoms with Gasteiger partial charge in [-0.15, -0.1) is 0 Å². The number of fused-ring (bicyclic) bond motifs is 1. The van der Waals surface area contributed by atoms with Crippen molar-refractivity contribution in [3.05, 3.63) is 64.7 Å². The number of hydrogen-bond acceptors (Lipinski definition) is 6. The van der Waals surface area contributed by atoms with Crippen molar-refractivity contribution in [1.29, 1.82) is 0 Å². The molecule has 7 heteroatoms. The molecule has 166 valence electrons. The van der Waals surface area contributed by atoms with Crippen LogP contribution in [-0.4, -0.2) is 52.2 Å². The Morgan fingerprint density at radius 3 is 2.78 bits per heavy atom. The molecule has 3 unspecified atom stereocenters. The van der Waals surface area contributed by atoms with Crippen LogP contribution in [-0.2, 0) is 20.7 Å². The second-order valence-corrected chi connectivity index (χ2v) is 8.64. The van der Waals surface area contributed by atoms with Gasteiger partial charge in [-0.2, -0.15) is 0 Å². The first-order chi connectivity index (χ1) is 15.4. The Kier molecular flexibility index (Phi) is 5.13. The molecule has 0 aliphatic carbocycles. The van der Waals surface area contributed by atoms with Crippen molar-refractivity contribution < 1.29 is 29.3 Å². The minimum atomic E-state index is -0.810. The van der Waals surface area contributed by atoms with Gasteiger partial charge in [-0.1, -0.05) is 12.1 Å². The number of aliphatic hydroxyl groups excluding tert-OH is 1. The number of benzene rings is 2. The summed E-state index contributed by atoms with van der Waals surface area (Å²) in [6, 6.07) is 10.9. The van der Waals surface area contributed by atoms with Gasteiger partial charge in [0.05, 0.1) is 17.7 Å². The van der Waals surface area contributed by atoms with Crippen molar-refractivity contribution in [2.45, 2.75) is 44.4 Å². The van der Waals surface area contributed by atoms with Gasteiger partial charge < -0.3 is 24.6 Å². The normalized spacial score (nSPS) is 26.4. The van der Waals surface area contributed by atoms with Gasteiger partial charge in [0.1, 0.15) is 23.4 Å². The lowest BCUT2D eigenvalue weighted by Gasteiger charge is -2.27. The molecule has 2 saturated heterocycles. The lowest BCUT2D eigenvalue weighted by atomic mass is 9.94. The monoisotopic (exact) mass is 435 g/mol. The van der Waals surface area contributed by atoms with Crippen LogP contribution < -0.4 is 4.74 Å². The summed E-state index contributed by atoms with van der Waals surface area (Å²) in [7, 11) is 0. The fourth-order valence-corrected chi connectivity index (χ4v) is 4.84. The standard InChI is InChI=1S/C25H25NO6/c1-14-10-17-11-16(7-8-20(17)32-14)23(28)21-22(15-4-2-5-18(27)12-15)26(25(30)24(21)29)13-19-6-3-9-31-19/h2,4-5,7-8,11-12,14,19,22,27-28H,3,6,9-10,13H2,1H3/b23-21-. The second kappa shape index (κ2) is 7.98. The highest BCUT2D eigenvalue weighted by molar-refractivity contribution is 6.46. The summed E-state index contributed by atoms with van der Waals surface area (Å²) in [5, 5.41) is 21.3. The van der Waals surface area contributed by atoms with Gasteiger partial charge in [0.15, 0.2) is 0 Å². The highest BCUT2D eigenvalue weighted by atomic mass is 16.5. The number of rotatable bonds is 4. The maximum atomic E-state index is 13.1. The minimum absolute atomic E-state index is 0.0190. The molecule has 1 amide bonds. The van der Waals surface area contributed by atoms with E-state index in [0.717, 1.165) is 24.2 Å². The number of phenolic OH excluding ortho intramolecular Hbond substituents is 1. The Morgan fingerprint density at radius 1 is 1.19 bits per heavy atom. The summed E-state index contributed by atoms with van der Waals surface area (Å²) in [6.45, 7) is 2.84. The zero-order chi connectivity index (χ0) is 22.4. The van der Waals surface area contributed by atoms with E-state index in [2.05, 4.69) is 0 Å². The van der Waals surface area contributed by atoms with Crippen LogP contribution in [0.25, 0.3) is 5.76 Å². The first kappa shape index (κ1) is 20.6. The fraction of sp³-hybridized carbons (Fsp3) is 0.360. The average Bonchev–Trinajstić information content (AvgIpc) is 3.47. The van der Waals surface area contributed by atoms with E-state index in [0.29, 0.717) is 24.2 Å². The molecule has 3 heterocycles. The number of carbonyl (C=O) groups is 2. The fourth-order valence-electron chi connectivity index (χ4n) is 4.84. The zero-order valence-electron chi connectivity index (χ0n) is 17.8. The van der Waals surface area contributed by atoms with Gasteiger partial charge in [-0.25, -0.2) is 0 Å². The Hall–Kier alpha value is -3.32. The van der Waals surface area contributed by atoms with Gasteiger partial charge >= 0.3 is 0 Å². The van der Waals surface area contributed by atoms with E-state index < -0.39 is 17.7 Å². The van der Waals surface area contributed by atoms with Gasteiger partial charge in [0.25, 0.3) is 11.7 Å². The molecule has 2 fully saturated rings. The summed E-state index contributed by atoms with van der Waals surface area (Å²) in [5.74, 6) is -0.854. The Labute approximate surface area is 185 Å². The third-order valence-electron chi connectivity index (χ3n) is 6.32. The van der Waals surface area contributed by atoms with Crippen molar-refractivity contribution in [2.24, 2.45) is 0 Å². The summed E-state index contributed by atoms with van der Waals surface area (Å²) in [4.78, 5) is 27.6. The number of nitrogens with zero attached hydrogens (tertiary/aromatic N) is 1. The zero-order valence-corrected chi connectivity index (χ0v) is 17.8. The molecular formula is C25H25NO6. The Bertz CT molecular complexity index is 1120. The summed E-state index contributed by atoms with van der Waals surface area (Å²) in [6.07, 6.45) is 2.30. The number of ether oxygens (including phenoxy) is 2. The molecule has 0 radical (unpaired) electrons. The van der Waals surface area contributed by atoms with E-state index in [1.54, 1.807) is 30.3 Å². The Balaban J connectivity index is 1.60. The van der Waals surface area contributed by atoms with E-state index in [1.807, 2.05) is 6.92 Å². The van der Waals surface area contributed by atoms with E-state index in [9.17, 15) is 19.8 Å². The SMILES string of the molecule is CC1Cc2cc(/C(O)=C3/C(=O)C(=O)N(CC4CCCO4)C3c3cccc(O)c3)ccc2O1.